The number of allylic oxidation sites excluding steroid dienone is 2. The lowest BCUT2D eigenvalue weighted by molar-refractivity contribution is -0.154. The van der Waals surface area contributed by atoms with E-state index in [1.165, 1.54) is 24.6 Å². The minimum Gasteiger partial charge on any atom is -0.400 e. The van der Waals surface area contributed by atoms with Gasteiger partial charge in [-0.15, -0.1) is 6.58 Å². The Hall–Kier alpha value is -0.646. The minimum absolute atomic E-state index is 0.0926. The van der Waals surface area contributed by atoms with Crippen LogP contribution in [0.5, 0.6) is 0 Å². The van der Waals surface area contributed by atoms with E-state index in [0.29, 0.717) is 6.61 Å². The first kappa shape index (κ1) is 28.4. The van der Waals surface area contributed by atoms with E-state index < -0.39 is 16.4 Å². The van der Waals surface area contributed by atoms with Gasteiger partial charge in [-0.25, -0.2) is 0 Å². The number of ether oxygens (including phenoxy) is 2. The van der Waals surface area contributed by atoms with Gasteiger partial charge < -0.3 is 13.9 Å². The SMILES string of the molecule is C=CC/C(=C\C(C#CCOC1CCCCO1)O[Si](CC)(CC)CC)[Si](CC)(CC)CC. The van der Waals surface area contributed by atoms with Gasteiger partial charge >= 0.3 is 0 Å². The normalized spacial score (nSPS) is 18.9. The minimum atomic E-state index is -1.78. The van der Waals surface area contributed by atoms with Gasteiger partial charge in [0.15, 0.2) is 14.6 Å². The molecule has 0 amide bonds. The van der Waals surface area contributed by atoms with Crippen molar-refractivity contribution >= 4 is 16.4 Å². The summed E-state index contributed by atoms with van der Waals surface area (Å²) in [7, 11) is -3.28. The summed E-state index contributed by atoms with van der Waals surface area (Å²) in [6.45, 7) is 19.2. The Morgan fingerprint density at radius 3 is 2.16 bits per heavy atom. The molecule has 1 heterocycles. The van der Waals surface area contributed by atoms with E-state index >= 15 is 0 Å². The second-order valence-electron chi connectivity index (χ2n) is 8.74. The molecule has 0 aromatic rings. The molecule has 0 saturated carbocycles. The highest BCUT2D eigenvalue weighted by Gasteiger charge is 2.34. The van der Waals surface area contributed by atoms with Gasteiger partial charge in [-0.05, 0) is 49.9 Å². The van der Waals surface area contributed by atoms with Crippen LogP contribution < -0.4 is 0 Å². The van der Waals surface area contributed by atoms with Crippen molar-refractivity contribution in [2.24, 2.45) is 0 Å². The fourth-order valence-corrected chi connectivity index (χ4v) is 11.3. The van der Waals surface area contributed by atoms with E-state index in [1.807, 2.05) is 0 Å². The molecule has 178 valence electrons. The molecule has 0 spiro atoms. The Bertz CT molecular complexity index is 575. The Morgan fingerprint density at radius 1 is 1.03 bits per heavy atom. The maximum atomic E-state index is 6.87. The Kier molecular flexibility index (Phi) is 14.0. The molecule has 1 rings (SSSR count). The monoisotopic (exact) mass is 464 g/mol. The van der Waals surface area contributed by atoms with Crippen LogP contribution in [0.15, 0.2) is 23.9 Å². The predicted molar refractivity (Wildman–Crippen MR) is 139 cm³/mol. The maximum absolute atomic E-state index is 6.87. The third-order valence-corrected chi connectivity index (χ3v) is 17.9. The van der Waals surface area contributed by atoms with Crippen molar-refractivity contribution in [1.29, 1.82) is 0 Å². The van der Waals surface area contributed by atoms with Crippen molar-refractivity contribution in [1.82, 2.24) is 0 Å². The third-order valence-electron chi connectivity index (χ3n) is 7.46. The molecule has 1 aliphatic heterocycles. The first-order valence-electron chi connectivity index (χ1n) is 12.7. The van der Waals surface area contributed by atoms with Crippen LogP contribution in [0.4, 0.5) is 0 Å². The van der Waals surface area contributed by atoms with E-state index in [0.717, 1.165) is 44.0 Å². The van der Waals surface area contributed by atoms with E-state index in [2.05, 4.69) is 72.1 Å². The van der Waals surface area contributed by atoms with Crippen LogP contribution in [0.3, 0.4) is 0 Å². The second-order valence-corrected chi connectivity index (χ2v) is 18.8. The van der Waals surface area contributed by atoms with E-state index in [-0.39, 0.29) is 12.4 Å². The molecule has 1 aliphatic rings. The molecule has 0 bridgehead atoms. The predicted octanol–water partition coefficient (Wildman–Crippen LogP) is 7.47. The Morgan fingerprint density at radius 2 is 1.68 bits per heavy atom. The van der Waals surface area contributed by atoms with Crippen LogP contribution in [0, 0.1) is 11.8 Å². The summed E-state index contributed by atoms with van der Waals surface area (Å²) in [5.74, 6) is 6.71. The molecule has 0 aliphatic carbocycles. The van der Waals surface area contributed by atoms with Crippen molar-refractivity contribution in [3.63, 3.8) is 0 Å². The van der Waals surface area contributed by atoms with Crippen molar-refractivity contribution in [3.8, 4) is 11.8 Å². The van der Waals surface area contributed by atoms with Gasteiger partial charge in [0.05, 0.1) is 8.07 Å². The van der Waals surface area contributed by atoms with Crippen molar-refractivity contribution in [2.75, 3.05) is 13.2 Å². The van der Waals surface area contributed by atoms with Gasteiger partial charge in [-0.3, -0.25) is 0 Å². The molecule has 0 aromatic carbocycles. The zero-order valence-corrected chi connectivity index (χ0v) is 23.2. The molecule has 31 heavy (non-hydrogen) atoms. The van der Waals surface area contributed by atoms with Gasteiger partial charge in [0.1, 0.15) is 12.7 Å². The average Bonchev–Trinajstić information content (AvgIpc) is 2.82. The molecule has 1 fully saturated rings. The summed E-state index contributed by atoms with van der Waals surface area (Å²) in [5.41, 5.74) is 0. The van der Waals surface area contributed by atoms with Gasteiger partial charge in [-0.1, -0.05) is 82.8 Å². The molecule has 3 nitrogen and oxygen atoms in total. The zero-order chi connectivity index (χ0) is 23.2. The molecule has 0 aromatic heterocycles. The zero-order valence-electron chi connectivity index (χ0n) is 21.2. The van der Waals surface area contributed by atoms with Gasteiger partial charge in [0, 0.05) is 6.61 Å². The summed E-state index contributed by atoms with van der Waals surface area (Å²) < 4.78 is 18.4. The first-order chi connectivity index (χ1) is 15.0. The molecule has 2 unspecified atom stereocenters. The van der Waals surface area contributed by atoms with Gasteiger partial charge in [0.25, 0.3) is 0 Å². The standard InChI is InChI=1S/C26H48O3Si2/c1-8-18-25(30(9-2,10-3)11-4)23-24(29-31(12-5,13-6)14-7)19-17-22-28-26-20-15-16-21-27-26/h8,23-24,26H,1,9-16,18,20-22H2,2-7H3/b25-23+. The van der Waals surface area contributed by atoms with E-state index in [4.69, 9.17) is 13.9 Å². The lowest BCUT2D eigenvalue weighted by Gasteiger charge is -2.34. The summed E-state index contributed by atoms with van der Waals surface area (Å²) in [5, 5.41) is 1.57. The highest BCUT2D eigenvalue weighted by molar-refractivity contribution is 6.86. The number of hydrogen-bond donors (Lipinski definition) is 0. The molecule has 0 N–H and O–H groups in total. The van der Waals surface area contributed by atoms with Gasteiger partial charge in [0.2, 0.25) is 0 Å². The van der Waals surface area contributed by atoms with E-state index in [1.54, 1.807) is 5.20 Å². The average molecular weight is 465 g/mol. The molecule has 5 heteroatoms. The van der Waals surface area contributed by atoms with Crippen LogP contribution in [0.25, 0.3) is 0 Å². The summed E-state index contributed by atoms with van der Waals surface area (Å²) >= 11 is 0. The first-order valence-corrected chi connectivity index (χ1v) is 17.8. The number of hydrogen-bond acceptors (Lipinski definition) is 3. The van der Waals surface area contributed by atoms with Crippen LogP contribution in [0.2, 0.25) is 36.3 Å². The van der Waals surface area contributed by atoms with Crippen molar-refractivity contribution in [3.05, 3.63) is 23.9 Å². The lowest BCUT2D eigenvalue weighted by Crippen LogP contribution is -2.40. The van der Waals surface area contributed by atoms with Crippen LogP contribution in [-0.4, -0.2) is 42.0 Å². The van der Waals surface area contributed by atoms with Crippen LogP contribution in [-0.2, 0) is 13.9 Å². The molecule has 1 saturated heterocycles. The molecular formula is C26H48O3Si2. The quantitative estimate of drug-likeness (QED) is 0.151. The Labute approximate surface area is 195 Å². The van der Waals surface area contributed by atoms with Crippen molar-refractivity contribution < 1.29 is 13.9 Å². The summed E-state index contributed by atoms with van der Waals surface area (Å²) in [4.78, 5) is 0. The summed E-state index contributed by atoms with van der Waals surface area (Å²) in [6, 6.07) is 7.19. The fourth-order valence-electron chi connectivity index (χ4n) is 4.72. The molecule has 2 atom stereocenters. The van der Waals surface area contributed by atoms with Crippen LogP contribution in [0.1, 0.15) is 67.2 Å². The maximum Gasteiger partial charge on any atom is 0.194 e. The van der Waals surface area contributed by atoms with Crippen LogP contribution >= 0.6 is 0 Å². The summed E-state index contributed by atoms with van der Waals surface area (Å²) in [6.07, 6.45) is 8.44. The van der Waals surface area contributed by atoms with Crippen molar-refractivity contribution in [2.45, 2.75) is 116 Å². The Balaban J connectivity index is 3.15. The largest absolute Gasteiger partial charge is 0.400 e. The van der Waals surface area contributed by atoms with Gasteiger partial charge in [-0.2, -0.15) is 0 Å². The topological polar surface area (TPSA) is 27.7 Å². The molecule has 0 radical (unpaired) electrons. The highest BCUT2D eigenvalue weighted by atomic mass is 28.4. The smallest absolute Gasteiger partial charge is 0.194 e. The van der Waals surface area contributed by atoms with E-state index in [9.17, 15) is 0 Å². The third kappa shape index (κ3) is 8.66. The molecular weight excluding hydrogens is 416 g/mol. The fraction of sp³-hybridized carbons (Fsp3) is 0.769. The number of rotatable bonds is 14. The highest BCUT2D eigenvalue weighted by Crippen LogP contribution is 2.32. The second kappa shape index (κ2) is 15.2. The lowest BCUT2D eigenvalue weighted by atomic mass is 10.2.